The Morgan fingerprint density at radius 3 is 2.61 bits per heavy atom. The molecule has 2 rings (SSSR count). The highest BCUT2D eigenvalue weighted by Gasteiger charge is 2.03. The minimum absolute atomic E-state index is 0.595. The zero-order valence-corrected chi connectivity index (χ0v) is 15.0. The van der Waals surface area contributed by atoms with Crippen LogP contribution in [0.1, 0.15) is 12.0 Å². The number of nitrogens with one attached hydrogen (secondary N) is 2. The first kappa shape index (κ1) is 17.6. The molecule has 0 amide bonds. The summed E-state index contributed by atoms with van der Waals surface area (Å²) in [5.41, 5.74) is 3.18. The van der Waals surface area contributed by atoms with Crippen molar-refractivity contribution in [1.82, 2.24) is 5.32 Å². The van der Waals surface area contributed by atoms with Crippen LogP contribution >= 0.6 is 23.8 Å². The van der Waals surface area contributed by atoms with E-state index in [1.807, 2.05) is 31.2 Å². The van der Waals surface area contributed by atoms with Crippen molar-refractivity contribution in [1.29, 1.82) is 0 Å². The molecule has 2 aromatic rings. The SMILES string of the molecule is Cc1ccc(NC(=S)NCCCN(C)c2ccccc2)c(Cl)c1. The molecule has 5 heteroatoms. The number of halogens is 1. The number of hydrogen-bond acceptors (Lipinski definition) is 2. The molecule has 0 aromatic heterocycles. The summed E-state index contributed by atoms with van der Waals surface area (Å²) in [6, 6.07) is 16.2. The molecule has 0 heterocycles. The molecule has 0 fully saturated rings. The Balaban J connectivity index is 1.71. The van der Waals surface area contributed by atoms with E-state index in [1.54, 1.807) is 0 Å². The smallest absolute Gasteiger partial charge is 0.170 e. The molecule has 0 aliphatic carbocycles. The normalized spacial score (nSPS) is 10.2. The van der Waals surface area contributed by atoms with E-state index < -0.39 is 0 Å². The molecule has 0 radical (unpaired) electrons. The third-order valence-corrected chi connectivity index (χ3v) is 4.08. The van der Waals surface area contributed by atoms with Gasteiger partial charge in [-0.1, -0.05) is 35.9 Å². The molecule has 0 atom stereocenters. The van der Waals surface area contributed by atoms with Crippen molar-refractivity contribution in [2.45, 2.75) is 13.3 Å². The summed E-state index contributed by atoms with van der Waals surface area (Å²) in [7, 11) is 2.10. The van der Waals surface area contributed by atoms with Gasteiger partial charge in [0.05, 0.1) is 10.7 Å². The van der Waals surface area contributed by atoms with Crippen LogP contribution in [0.2, 0.25) is 5.02 Å². The zero-order chi connectivity index (χ0) is 16.7. The number of rotatable bonds is 6. The second kappa shape index (κ2) is 8.75. The lowest BCUT2D eigenvalue weighted by molar-refractivity contribution is 0.755. The molecule has 2 aromatic carbocycles. The lowest BCUT2D eigenvalue weighted by atomic mass is 10.2. The number of hydrogen-bond donors (Lipinski definition) is 2. The Bertz CT molecular complexity index is 646. The van der Waals surface area contributed by atoms with Gasteiger partial charge in [0.2, 0.25) is 0 Å². The summed E-state index contributed by atoms with van der Waals surface area (Å²) in [6.07, 6.45) is 0.995. The largest absolute Gasteiger partial charge is 0.375 e. The topological polar surface area (TPSA) is 27.3 Å². The van der Waals surface area contributed by atoms with E-state index in [2.05, 4.69) is 46.8 Å². The van der Waals surface area contributed by atoms with Gasteiger partial charge in [-0.2, -0.15) is 0 Å². The number of para-hydroxylation sites is 1. The maximum Gasteiger partial charge on any atom is 0.170 e. The fourth-order valence-corrected chi connectivity index (χ4v) is 2.71. The summed E-state index contributed by atoms with van der Waals surface area (Å²) in [4.78, 5) is 2.23. The molecule has 0 bridgehead atoms. The number of thiocarbonyl (C=S) groups is 1. The first-order valence-corrected chi connectivity index (χ1v) is 8.42. The van der Waals surface area contributed by atoms with Crippen LogP contribution in [0.5, 0.6) is 0 Å². The maximum atomic E-state index is 6.19. The van der Waals surface area contributed by atoms with E-state index >= 15 is 0 Å². The molecule has 122 valence electrons. The van der Waals surface area contributed by atoms with Gasteiger partial charge in [-0.15, -0.1) is 0 Å². The Labute approximate surface area is 148 Å². The number of anilines is 2. The number of aryl methyl sites for hydroxylation is 1. The van der Waals surface area contributed by atoms with Crippen molar-refractivity contribution in [2.75, 3.05) is 30.4 Å². The number of nitrogens with zero attached hydrogens (tertiary/aromatic N) is 1. The van der Waals surface area contributed by atoms with Crippen LogP contribution in [0.3, 0.4) is 0 Å². The highest BCUT2D eigenvalue weighted by atomic mass is 35.5. The molecule has 0 saturated heterocycles. The Morgan fingerprint density at radius 2 is 1.91 bits per heavy atom. The molecule has 0 unspecified atom stereocenters. The second-order valence-electron chi connectivity index (χ2n) is 5.47. The van der Waals surface area contributed by atoms with Crippen molar-refractivity contribution >= 4 is 40.3 Å². The van der Waals surface area contributed by atoms with E-state index in [4.69, 9.17) is 23.8 Å². The van der Waals surface area contributed by atoms with Gasteiger partial charge in [-0.3, -0.25) is 0 Å². The average Bonchev–Trinajstić information content (AvgIpc) is 2.55. The fourth-order valence-electron chi connectivity index (χ4n) is 2.22. The van der Waals surface area contributed by atoms with Gasteiger partial charge in [0, 0.05) is 25.8 Å². The van der Waals surface area contributed by atoms with Gasteiger partial charge < -0.3 is 15.5 Å². The molecular weight excluding hydrogens is 326 g/mol. The second-order valence-corrected chi connectivity index (χ2v) is 6.29. The molecule has 0 saturated carbocycles. The summed E-state index contributed by atoms with van der Waals surface area (Å²) in [6.45, 7) is 3.78. The van der Waals surface area contributed by atoms with E-state index in [9.17, 15) is 0 Å². The zero-order valence-electron chi connectivity index (χ0n) is 13.5. The lowest BCUT2D eigenvalue weighted by Crippen LogP contribution is -2.31. The van der Waals surface area contributed by atoms with Crippen LogP contribution < -0.4 is 15.5 Å². The van der Waals surface area contributed by atoms with Crippen LogP contribution in [-0.4, -0.2) is 25.2 Å². The first-order chi connectivity index (χ1) is 11.1. The number of benzene rings is 2. The highest BCUT2D eigenvalue weighted by molar-refractivity contribution is 7.80. The molecule has 0 aliphatic heterocycles. The van der Waals surface area contributed by atoms with Gasteiger partial charge in [0.1, 0.15) is 0 Å². The molecular formula is C18H22ClN3S. The summed E-state index contributed by atoms with van der Waals surface area (Å²) in [5.74, 6) is 0. The third kappa shape index (κ3) is 5.73. The predicted octanol–water partition coefficient (Wildman–Crippen LogP) is 4.46. The van der Waals surface area contributed by atoms with Crippen LogP contribution in [-0.2, 0) is 0 Å². The Kier molecular flexibility index (Phi) is 6.68. The minimum Gasteiger partial charge on any atom is -0.375 e. The predicted molar refractivity (Wildman–Crippen MR) is 105 cm³/mol. The van der Waals surface area contributed by atoms with Crippen molar-refractivity contribution in [3.8, 4) is 0 Å². The summed E-state index contributed by atoms with van der Waals surface area (Å²) < 4.78 is 0. The monoisotopic (exact) mass is 347 g/mol. The highest BCUT2D eigenvalue weighted by Crippen LogP contribution is 2.22. The molecule has 0 spiro atoms. The average molecular weight is 348 g/mol. The van der Waals surface area contributed by atoms with Crippen LogP contribution in [0.25, 0.3) is 0 Å². The lowest BCUT2D eigenvalue weighted by Gasteiger charge is -2.19. The Morgan fingerprint density at radius 1 is 1.17 bits per heavy atom. The quantitative estimate of drug-likeness (QED) is 0.596. The first-order valence-electron chi connectivity index (χ1n) is 7.63. The van der Waals surface area contributed by atoms with Gasteiger partial charge in [0.15, 0.2) is 5.11 Å². The van der Waals surface area contributed by atoms with Crippen molar-refractivity contribution in [2.24, 2.45) is 0 Å². The summed E-state index contributed by atoms with van der Waals surface area (Å²) in [5, 5.41) is 7.62. The van der Waals surface area contributed by atoms with E-state index in [-0.39, 0.29) is 0 Å². The van der Waals surface area contributed by atoms with Crippen molar-refractivity contribution < 1.29 is 0 Å². The van der Waals surface area contributed by atoms with Crippen molar-refractivity contribution in [3.63, 3.8) is 0 Å². The fraction of sp³-hybridized carbons (Fsp3) is 0.278. The summed E-state index contributed by atoms with van der Waals surface area (Å²) >= 11 is 11.5. The van der Waals surface area contributed by atoms with Crippen molar-refractivity contribution in [3.05, 3.63) is 59.1 Å². The van der Waals surface area contributed by atoms with Gasteiger partial charge in [-0.05, 0) is 55.4 Å². The third-order valence-electron chi connectivity index (χ3n) is 3.53. The molecule has 23 heavy (non-hydrogen) atoms. The minimum atomic E-state index is 0.595. The van der Waals surface area contributed by atoms with E-state index in [0.717, 1.165) is 30.8 Å². The van der Waals surface area contributed by atoms with Crippen LogP contribution in [0.15, 0.2) is 48.5 Å². The molecule has 0 aliphatic rings. The van der Waals surface area contributed by atoms with Gasteiger partial charge in [-0.25, -0.2) is 0 Å². The standard InChI is InChI=1S/C18H22ClN3S/c1-14-9-10-17(16(19)13-14)21-18(23)20-11-6-12-22(2)15-7-4-3-5-8-15/h3-5,7-10,13H,6,11-12H2,1-2H3,(H2,20,21,23). The Hall–Kier alpha value is -1.78. The van der Waals surface area contributed by atoms with Gasteiger partial charge in [0.25, 0.3) is 0 Å². The maximum absolute atomic E-state index is 6.19. The van der Waals surface area contributed by atoms with Crippen LogP contribution in [0.4, 0.5) is 11.4 Å². The molecule has 3 nitrogen and oxygen atoms in total. The van der Waals surface area contributed by atoms with Crippen LogP contribution in [0, 0.1) is 6.92 Å². The van der Waals surface area contributed by atoms with E-state index in [1.165, 1.54) is 5.69 Å². The van der Waals surface area contributed by atoms with Gasteiger partial charge >= 0.3 is 0 Å². The molecule has 2 N–H and O–H groups in total. The van der Waals surface area contributed by atoms with E-state index in [0.29, 0.717) is 10.1 Å².